The second-order valence-corrected chi connectivity index (χ2v) is 7.95. The van der Waals surface area contributed by atoms with Crippen LogP contribution in [0.1, 0.15) is 36.2 Å². The first kappa shape index (κ1) is 18.4. The van der Waals surface area contributed by atoms with Crippen LogP contribution in [-0.4, -0.2) is 57.4 Å². The second kappa shape index (κ2) is 8.04. The molecule has 0 saturated carbocycles. The fourth-order valence-corrected chi connectivity index (χ4v) is 4.30. The van der Waals surface area contributed by atoms with Crippen LogP contribution in [0, 0.1) is 11.8 Å². The highest BCUT2D eigenvalue weighted by Crippen LogP contribution is 2.30. The van der Waals surface area contributed by atoms with Crippen LogP contribution in [-0.2, 0) is 16.0 Å². The third-order valence-corrected chi connectivity index (χ3v) is 6.05. The molecular weight excluding hydrogens is 370 g/mol. The SMILES string of the molecule is O=C(c1c(-c2ccc3[nH]ncc3c2)nnn1CC1CCOCC1)C1CCOCC1. The summed E-state index contributed by atoms with van der Waals surface area (Å²) in [6, 6.07) is 5.96. The molecule has 0 spiro atoms. The molecule has 0 bridgehead atoms. The molecule has 2 aliphatic heterocycles. The van der Waals surface area contributed by atoms with Crippen LogP contribution in [0.25, 0.3) is 22.2 Å². The van der Waals surface area contributed by atoms with Gasteiger partial charge in [0, 0.05) is 49.8 Å². The van der Waals surface area contributed by atoms with Crippen LogP contribution in [0.4, 0.5) is 0 Å². The first-order chi connectivity index (χ1) is 14.3. The van der Waals surface area contributed by atoms with Crippen molar-refractivity contribution in [2.24, 2.45) is 11.8 Å². The van der Waals surface area contributed by atoms with Gasteiger partial charge in [-0.15, -0.1) is 5.10 Å². The van der Waals surface area contributed by atoms with Crippen molar-refractivity contribution >= 4 is 16.7 Å². The van der Waals surface area contributed by atoms with Crippen LogP contribution < -0.4 is 0 Å². The third-order valence-electron chi connectivity index (χ3n) is 6.05. The molecule has 2 saturated heterocycles. The van der Waals surface area contributed by atoms with Crippen molar-refractivity contribution in [3.8, 4) is 11.3 Å². The minimum Gasteiger partial charge on any atom is -0.381 e. The molecule has 8 heteroatoms. The van der Waals surface area contributed by atoms with E-state index < -0.39 is 0 Å². The lowest BCUT2D eigenvalue weighted by Gasteiger charge is -2.24. The fourth-order valence-electron chi connectivity index (χ4n) is 4.30. The topological polar surface area (TPSA) is 94.9 Å². The number of rotatable bonds is 5. The molecule has 152 valence electrons. The van der Waals surface area contributed by atoms with Crippen molar-refractivity contribution in [1.29, 1.82) is 0 Å². The van der Waals surface area contributed by atoms with E-state index in [1.807, 2.05) is 22.9 Å². The number of fused-ring (bicyclic) bond motifs is 1. The molecule has 0 unspecified atom stereocenters. The van der Waals surface area contributed by atoms with Gasteiger partial charge in [-0.2, -0.15) is 5.10 Å². The summed E-state index contributed by atoms with van der Waals surface area (Å²) in [6.07, 6.45) is 5.26. The Labute approximate surface area is 168 Å². The number of Topliss-reactive ketones (excluding diaryl/α,β-unsaturated/α-hetero) is 1. The van der Waals surface area contributed by atoms with E-state index >= 15 is 0 Å². The quantitative estimate of drug-likeness (QED) is 0.668. The first-order valence-electron chi connectivity index (χ1n) is 10.4. The zero-order valence-corrected chi connectivity index (χ0v) is 16.3. The van der Waals surface area contributed by atoms with E-state index in [0.717, 1.165) is 55.4 Å². The largest absolute Gasteiger partial charge is 0.381 e. The summed E-state index contributed by atoms with van der Waals surface area (Å²) in [5, 5.41) is 16.9. The number of aromatic nitrogens is 5. The Kier molecular flexibility index (Phi) is 5.12. The van der Waals surface area contributed by atoms with Gasteiger partial charge in [-0.25, -0.2) is 4.68 Å². The van der Waals surface area contributed by atoms with E-state index in [2.05, 4.69) is 20.5 Å². The molecule has 1 aromatic carbocycles. The van der Waals surface area contributed by atoms with E-state index in [0.29, 0.717) is 37.1 Å². The molecule has 2 aromatic heterocycles. The van der Waals surface area contributed by atoms with Crippen LogP contribution in [0.2, 0.25) is 0 Å². The molecule has 0 amide bonds. The van der Waals surface area contributed by atoms with Crippen molar-refractivity contribution in [1.82, 2.24) is 25.2 Å². The molecule has 2 fully saturated rings. The molecule has 8 nitrogen and oxygen atoms in total. The van der Waals surface area contributed by atoms with E-state index in [4.69, 9.17) is 9.47 Å². The number of H-pyrrole nitrogens is 1. The molecule has 2 aliphatic rings. The highest BCUT2D eigenvalue weighted by molar-refractivity contribution is 6.02. The number of hydrogen-bond acceptors (Lipinski definition) is 6. The number of aromatic amines is 1. The zero-order valence-electron chi connectivity index (χ0n) is 16.3. The summed E-state index contributed by atoms with van der Waals surface area (Å²) in [5.41, 5.74) is 3.15. The maximum Gasteiger partial charge on any atom is 0.186 e. The van der Waals surface area contributed by atoms with Gasteiger partial charge in [0.25, 0.3) is 0 Å². The highest BCUT2D eigenvalue weighted by Gasteiger charge is 2.30. The number of carbonyl (C=O) groups is 1. The Morgan fingerprint density at radius 3 is 2.66 bits per heavy atom. The summed E-state index contributed by atoms with van der Waals surface area (Å²) < 4.78 is 12.8. The minimum atomic E-state index is -0.0351. The third kappa shape index (κ3) is 3.70. The summed E-state index contributed by atoms with van der Waals surface area (Å²) in [6.45, 7) is 3.51. The van der Waals surface area contributed by atoms with E-state index in [9.17, 15) is 4.79 Å². The molecule has 3 aromatic rings. The summed E-state index contributed by atoms with van der Waals surface area (Å²) in [7, 11) is 0. The van der Waals surface area contributed by atoms with E-state index in [1.165, 1.54) is 0 Å². The molecule has 4 heterocycles. The van der Waals surface area contributed by atoms with Crippen LogP contribution in [0.15, 0.2) is 24.4 Å². The zero-order chi connectivity index (χ0) is 19.6. The molecule has 0 aliphatic carbocycles. The van der Waals surface area contributed by atoms with Crippen LogP contribution in [0.3, 0.4) is 0 Å². The van der Waals surface area contributed by atoms with Gasteiger partial charge in [0.15, 0.2) is 5.78 Å². The molecule has 5 rings (SSSR count). The lowest BCUT2D eigenvalue weighted by atomic mass is 9.91. The van der Waals surface area contributed by atoms with Crippen LogP contribution in [0.5, 0.6) is 0 Å². The Morgan fingerprint density at radius 1 is 1.10 bits per heavy atom. The van der Waals surface area contributed by atoms with Gasteiger partial charge in [-0.05, 0) is 43.7 Å². The van der Waals surface area contributed by atoms with Gasteiger partial charge < -0.3 is 9.47 Å². The maximum absolute atomic E-state index is 13.5. The molecule has 0 radical (unpaired) electrons. The van der Waals surface area contributed by atoms with Gasteiger partial charge in [0.1, 0.15) is 11.4 Å². The lowest BCUT2D eigenvalue weighted by Crippen LogP contribution is -2.28. The average Bonchev–Trinajstić information content (AvgIpc) is 3.41. The second-order valence-electron chi connectivity index (χ2n) is 7.95. The Bertz CT molecular complexity index is 999. The van der Waals surface area contributed by atoms with Gasteiger partial charge in [-0.3, -0.25) is 9.89 Å². The normalized spacial score (nSPS) is 19.0. The van der Waals surface area contributed by atoms with Crippen molar-refractivity contribution < 1.29 is 14.3 Å². The Hall–Kier alpha value is -2.58. The molecule has 0 atom stereocenters. The van der Waals surface area contributed by atoms with Gasteiger partial charge in [0.05, 0.1) is 11.7 Å². The lowest BCUT2D eigenvalue weighted by molar-refractivity contribution is 0.0522. The predicted molar refractivity (Wildman–Crippen MR) is 107 cm³/mol. The molecule has 29 heavy (non-hydrogen) atoms. The summed E-state index contributed by atoms with van der Waals surface area (Å²) in [4.78, 5) is 13.5. The highest BCUT2D eigenvalue weighted by atomic mass is 16.5. The van der Waals surface area contributed by atoms with Gasteiger partial charge in [0.2, 0.25) is 0 Å². The number of ketones is 1. The van der Waals surface area contributed by atoms with E-state index in [1.54, 1.807) is 6.20 Å². The van der Waals surface area contributed by atoms with Crippen molar-refractivity contribution in [3.63, 3.8) is 0 Å². The number of hydrogen-bond donors (Lipinski definition) is 1. The number of carbonyl (C=O) groups excluding carboxylic acids is 1. The van der Waals surface area contributed by atoms with Gasteiger partial charge in [-0.1, -0.05) is 11.3 Å². The van der Waals surface area contributed by atoms with Crippen LogP contribution >= 0.6 is 0 Å². The maximum atomic E-state index is 13.5. The molecule has 1 N–H and O–H groups in total. The predicted octanol–water partition coefficient (Wildman–Crippen LogP) is 2.86. The number of ether oxygens (including phenoxy) is 2. The molecular formula is C21H25N5O3. The van der Waals surface area contributed by atoms with Crippen molar-refractivity contribution in [2.45, 2.75) is 32.2 Å². The standard InChI is InChI=1S/C21H25N5O3/c27-21(15-5-9-29-10-6-15)20-19(16-1-2-18-17(11-16)12-22-23-18)24-25-26(20)13-14-3-7-28-8-4-14/h1-2,11-12,14-15H,3-10,13H2,(H,22,23). The summed E-state index contributed by atoms with van der Waals surface area (Å²) in [5.74, 6) is 0.552. The first-order valence-corrected chi connectivity index (χ1v) is 10.4. The Morgan fingerprint density at radius 2 is 1.86 bits per heavy atom. The smallest absolute Gasteiger partial charge is 0.186 e. The van der Waals surface area contributed by atoms with E-state index in [-0.39, 0.29) is 11.7 Å². The monoisotopic (exact) mass is 395 g/mol. The fraction of sp³-hybridized carbons (Fsp3) is 0.524. The van der Waals surface area contributed by atoms with Crippen molar-refractivity contribution in [2.75, 3.05) is 26.4 Å². The number of nitrogens with one attached hydrogen (secondary N) is 1. The van der Waals surface area contributed by atoms with Gasteiger partial charge >= 0.3 is 0 Å². The van der Waals surface area contributed by atoms with Crippen molar-refractivity contribution in [3.05, 3.63) is 30.1 Å². The number of nitrogens with zero attached hydrogens (tertiary/aromatic N) is 4. The number of benzene rings is 1. The summed E-state index contributed by atoms with van der Waals surface area (Å²) >= 11 is 0. The average molecular weight is 395 g/mol. The minimum absolute atomic E-state index is 0.0351. The Balaban J connectivity index is 1.53.